The van der Waals surface area contributed by atoms with Gasteiger partial charge in [-0.15, -0.1) is 0 Å². The van der Waals surface area contributed by atoms with E-state index >= 15 is 0 Å². The van der Waals surface area contributed by atoms with Crippen molar-refractivity contribution < 1.29 is 34.8 Å². The molecule has 89 valence electrons. The Balaban J connectivity index is -0.0000000299. The molecule has 0 aromatic heterocycles. The predicted octanol–water partition coefficient (Wildman–Crippen LogP) is 1.81. The fourth-order valence-electron chi connectivity index (χ4n) is 0.321. The van der Waals surface area contributed by atoms with E-state index in [0.29, 0.717) is 0 Å². The minimum Gasteiger partial charge on any atom is -0.545 e. The predicted molar refractivity (Wildman–Crippen MR) is 57.9 cm³/mol. The maximum absolute atomic E-state index is 7.75. The van der Waals surface area contributed by atoms with Crippen molar-refractivity contribution in [3.05, 3.63) is 36.8 Å². The quantitative estimate of drug-likeness (QED) is 0.509. The Morgan fingerprint density at radius 1 is 0.867 bits per heavy atom. The zero-order chi connectivity index (χ0) is 12.2. The number of carbonyl (C=O) groups excluding carboxylic acids is 3. The number of rotatable bonds is 0. The topological polar surface area (TPSA) is 51.2 Å². The molecule has 0 spiro atoms. The van der Waals surface area contributed by atoms with E-state index in [1.165, 1.54) is 0 Å². The van der Waals surface area contributed by atoms with Crippen LogP contribution in [0.25, 0.3) is 0 Å². The summed E-state index contributed by atoms with van der Waals surface area (Å²) in [6.45, 7) is 13.8. The summed E-state index contributed by atoms with van der Waals surface area (Å²) in [4.78, 5) is 23.2. The van der Waals surface area contributed by atoms with Gasteiger partial charge < -0.3 is 20.8 Å². The molecule has 0 atom stereocenters. The van der Waals surface area contributed by atoms with Gasteiger partial charge in [-0.05, 0) is 0 Å². The van der Waals surface area contributed by atoms with Gasteiger partial charge in [-0.2, -0.15) is 32.0 Å². The molecule has 1 radical (unpaired) electrons. The second kappa shape index (κ2) is 74.6. The summed E-state index contributed by atoms with van der Waals surface area (Å²) in [5, 5.41) is 0. The maximum atomic E-state index is 7.75. The third kappa shape index (κ3) is 97.8. The molecule has 15 heavy (non-hydrogen) atoms. The minimum atomic E-state index is 0. The Hall–Kier alpha value is -0.978. The van der Waals surface area contributed by atoms with E-state index in [9.17, 15) is 0 Å². The average Bonchev–Trinajstić information content (AvgIpc) is 2.85. The van der Waals surface area contributed by atoms with Crippen LogP contribution in [0.2, 0.25) is 0 Å². The van der Waals surface area contributed by atoms with Crippen LogP contribution in [0.3, 0.4) is 0 Å². The molecule has 0 saturated carbocycles. The normalized spacial score (nSPS) is 4.67. The summed E-state index contributed by atoms with van der Waals surface area (Å²) in [5.74, 6) is 0. The van der Waals surface area contributed by atoms with E-state index in [4.69, 9.17) is 14.4 Å². The molecule has 3 nitrogen and oxygen atoms in total. The molecule has 1 aromatic carbocycles. The van der Waals surface area contributed by atoms with Crippen molar-refractivity contribution >= 4 is 20.4 Å². The molecule has 0 fully saturated rings. The van der Waals surface area contributed by atoms with Crippen LogP contribution < -0.4 is 0 Å². The Morgan fingerprint density at radius 2 is 1.07 bits per heavy atom. The van der Waals surface area contributed by atoms with Crippen molar-refractivity contribution in [2.45, 2.75) is 13.8 Å². The molecule has 0 amide bonds. The zero-order valence-corrected chi connectivity index (χ0v) is 11.5. The molecule has 0 N–H and O–H groups in total. The van der Waals surface area contributed by atoms with Gasteiger partial charge in [0.1, 0.15) is 0 Å². The molecule has 1 aromatic rings. The Labute approximate surface area is 106 Å². The van der Waals surface area contributed by atoms with Gasteiger partial charge in [0.15, 0.2) is 0 Å². The van der Waals surface area contributed by atoms with Crippen molar-refractivity contribution in [2.24, 2.45) is 0 Å². The van der Waals surface area contributed by atoms with Gasteiger partial charge in [0.25, 0.3) is 0 Å². The van der Waals surface area contributed by atoms with Gasteiger partial charge in [0.2, 0.25) is 0 Å². The molecular formula is C11H15O3Re-5. The van der Waals surface area contributed by atoms with E-state index < -0.39 is 0 Å². The van der Waals surface area contributed by atoms with E-state index in [1.54, 1.807) is 0 Å². The average molecular weight is 381 g/mol. The molecule has 0 aliphatic carbocycles. The first-order valence-corrected chi connectivity index (χ1v) is 3.53. The van der Waals surface area contributed by atoms with Crippen LogP contribution >= 0.6 is 0 Å². The second-order valence-electron chi connectivity index (χ2n) is 1.54. The molecule has 4 heteroatoms. The van der Waals surface area contributed by atoms with Gasteiger partial charge in [-0.25, -0.2) is 12.1 Å². The van der Waals surface area contributed by atoms with Crippen molar-refractivity contribution in [3.8, 4) is 0 Å². The first kappa shape index (κ1) is 29.2. The van der Waals surface area contributed by atoms with Crippen molar-refractivity contribution in [2.75, 3.05) is 0 Å². The Morgan fingerprint density at radius 3 is 1.13 bits per heavy atom. The van der Waals surface area contributed by atoms with Crippen molar-refractivity contribution in [1.29, 1.82) is 0 Å². The van der Waals surface area contributed by atoms with Crippen LogP contribution in [-0.4, -0.2) is 20.4 Å². The summed E-state index contributed by atoms with van der Waals surface area (Å²) in [7, 11) is 0. The fourth-order valence-corrected chi connectivity index (χ4v) is 0.321. The maximum Gasteiger partial charge on any atom is 0 e. The largest absolute Gasteiger partial charge is 0.545 e. The molecule has 0 bridgehead atoms. The van der Waals surface area contributed by atoms with Crippen molar-refractivity contribution in [3.63, 3.8) is 0 Å². The van der Waals surface area contributed by atoms with Crippen LogP contribution in [0, 0.1) is 6.42 Å². The molecule has 0 heterocycles. The third-order valence-electron chi connectivity index (χ3n) is 0.556. The molecule has 1 rings (SSSR count). The van der Waals surface area contributed by atoms with E-state index in [2.05, 4.69) is 20.4 Å². The molecule has 0 aliphatic rings. The van der Waals surface area contributed by atoms with E-state index in [1.807, 2.05) is 50.6 Å². The van der Waals surface area contributed by atoms with Crippen LogP contribution in [-0.2, 0) is 34.8 Å². The van der Waals surface area contributed by atoms with E-state index in [-0.39, 0.29) is 20.4 Å². The molecule has 0 saturated heterocycles. The standard InChI is InChI=1S/C5H5.C3H7.3CHO.Re/c1-2-4-5-3-1;1-3-2;3*1-2;/h1-5H;3H,1-2H3;3*1H;/q5*-1;. The zero-order valence-electron chi connectivity index (χ0n) is 8.80. The summed E-state index contributed by atoms with van der Waals surface area (Å²) in [5.41, 5.74) is 0. The van der Waals surface area contributed by atoms with Gasteiger partial charge in [-0.3, -0.25) is 20.4 Å². The van der Waals surface area contributed by atoms with Gasteiger partial charge in [0, 0.05) is 20.4 Å². The monoisotopic (exact) mass is 382 g/mol. The van der Waals surface area contributed by atoms with Crippen LogP contribution in [0.5, 0.6) is 0 Å². The molecule has 0 unspecified atom stereocenters. The minimum absolute atomic E-state index is 0. The summed E-state index contributed by atoms with van der Waals surface area (Å²) < 4.78 is 0. The number of hydrogen-bond acceptors (Lipinski definition) is 3. The van der Waals surface area contributed by atoms with Gasteiger partial charge in [0.05, 0.1) is 0 Å². The third-order valence-corrected chi connectivity index (χ3v) is 0.556. The molecule has 0 aliphatic heterocycles. The van der Waals surface area contributed by atoms with Crippen LogP contribution in [0.4, 0.5) is 0 Å². The number of hydrogen-bond donors (Lipinski definition) is 0. The Kier molecular flexibility index (Phi) is 145. The van der Waals surface area contributed by atoms with Gasteiger partial charge >= 0.3 is 0 Å². The first-order chi connectivity index (χ1) is 6.91. The summed E-state index contributed by atoms with van der Waals surface area (Å²) >= 11 is 0. The van der Waals surface area contributed by atoms with Crippen LogP contribution in [0.1, 0.15) is 13.8 Å². The van der Waals surface area contributed by atoms with Crippen LogP contribution in [0.15, 0.2) is 30.3 Å². The van der Waals surface area contributed by atoms with E-state index in [0.717, 1.165) is 0 Å². The second-order valence-corrected chi connectivity index (χ2v) is 1.54. The summed E-state index contributed by atoms with van der Waals surface area (Å²) in [6, 6.07) is 10.0. The van der Waals surface area contributed by atoms with Gasteiger partial charge in [-0.1, -0.05) is 0 Å². The first-order valence-electron chi connectivity index (χ1n) is 3.53. The fraction of sp³-hybridized carbons (Fsp3) is 0.182. The Bertz CT molecular complexity index is 110. The van der Waals surface area contributed by atoms with Crippen molar-refractivity contribution in [1.82, 2.24) is 0 Å². The summed E-state index contributed by atoms with van der Waals surface area (Å²) in [6.07, 6.45) is 2.00. The SMILES string of the molecule is C[CH-]C.[CH-]=O.[CH-]=O.[CH-]=O.[Re].c1cc[cH-]c1. The smallest absolute Gasteiger partial charge is 0 e. The molecular weight excluding hydrogens is 366 g/mol.